The molecule has 0 aliphatic rings. The van der Waals surface area contributed by atoms with Crippen molar-refractivity contribution >= 4 is 27.3 Å². The third-order valence-corrected chi connectivity index (χ3v) is 3.94. The fourth-order valence-corrected chi connectivity index (χ4v) is 2.83. The summed E-state index contributed by atoms with van der Waals surface area (Å²) in [4.78, 5) is 0. The fraction of sp³-hybridized carbons (Fsp3) is 0.333. The number of halogens is 1. The van der Waals surface area contributed by atoms with E-state index in [1.54, 1.807) is 17.6 Å². The second kappa shape index (κ2) is 5.82. The van der Waals surface area contributed by atoms with E-state index in [0.717, 1.165) is 15.8 Å². The predicted octanol–water partition coefficient (Wildman–Crippen LogP) is 3.49. The summed E-state index contributed by atoms with van der Waals surface area (Å²) in [6.07, 6.45) is 1.17. The molecule has 17 heavy (non-hydrogen) atoms. The van der Waals surface area contributed by atoms with Gasteiger partial charge in [-0.25, -0.2) is 0 Å². The summed E-state index contributed by atoms with van der Waals surface area (Å²) in [6.45, 7) is 2.51. The molecule has 5 heteroatoms. The molecular formula is C12H14BrNO2S. The summed E-state index contributed by atoms with van der Waals surface area (Å²) in [5.41, 5.74) is 0.952. The topological polar surface area (TPSA) is 45.4 Å². The molecule has 0 fully saturated rings. The molecule has 92 valence electrons. The first-order valence-corrected chi connectivity index (χ1v) is 7.08. The molecule has 2 aromatic rings. The Balaban J connectivity index is 1.88. The molecule has 2 unspecified atom stereocenters. The van der Waals surface area contributed by atoms with Crippen LogP contribution in [0.15, 0.2) is 38.0 Å². The quantitative estimate of drug-likeness (QED) is 0.887. The van der Waals surface area contributed by atoms with Gasteiger partial charge >= 0.3 is 0 Å². The van der Waals surface area contributed by atoms with Gasteiger partial charge < -0.3 is 14.8 Å². The number of furan rings is 1. The Kier molecular flexibility index (Phi) is 4.39. The van der Waals surface area contributed by atoms with Crippen LogP contribution in [0.2, 0.25) is 0 Å². The van der Waals surface area contributed by atoms with Gasteiger partial charge in [-0.2, -0.15) is 11.3 Å². The van der Waals surface area contributed by atoms with Gasteiger partial charge in [-0.1, -0.05) is 0 Å². The Hall–Kier alpha value is -0.620. The number of thiophene rings is 1. The van der Waals surface area contributed by atoms with Crippen molar-refractivity contribution in [2.75, 3.05) is 6.54 Å². The number of hydrogen-bond acceptors (Lipinski definition) is 4. The van der Waals surface area contributed by atoms with Gasteiger partial charge in [-0.3, -0.25) is 0 Å². The number of hydrogen-bond donors (Lipinski definition) is 2. The maximum absolute atomic E-state index is 9.93. The van der Waals surface area contributed by atoms with Gasteiger partial charge in [0.15, 0.2) is 0 Å². The highest BCUT2D eigenvalue weighted by molar-refractivity contribution is 9.10. The third-order valence-electron chi connectivity index (χ3n) is 2.58. The van der Waals surface area contributed by atoms with Gasteiger partial charge in [0.1, 0.15) is 5.76 Å². The highest BCUT2D eigenvalue weighted by atomic mass is 79.9. The molecule has 0 radical (unpaired) electrons. The van der Waals surface area contributed by atoms with Crippen molar-refractivity contribution in [2.24, 2.45) is 0 Å². The monoisotopic (exact) mass is 315 g/mol. The molecule has 0 amide bonds. The van der Waals surface area contributed by atoms with Gasteiger partial charge in [0.25, 0.3) is 0 Å². The summed E-state index contributed by atoms with van der Waals surface area (Å²) in [5, 5.41) is 17.1. The van der Waals surface area contributed by atoms with Crippen molar-refractivity contribution < 1.29 is 9.52 Å². The van der Waals surface area contributed by atoms with Crippen molar-refractivity contribution in [3.63, 3.8) is 0 Å². The summed E-state index contributed by atoms with van der Waals surface area (Å²) in [6, 6.07) is 3.86. The lowest BCUT2D eigenvalue weighted by Crippen LogP contribution is -2.24. The van der Waals surface area contributed by atoms with Crippen LogP contribution in [0.1, 0.15) is 30.4 Å². The smallest absolute Gasteiger partial charge is 0.134 e. The van der Waals surface area contributed by atoms with Gasteiger partial charge in [0.2, 0.25) is 0 Å². The van der Waals surface area contributed by atoms with Crippen LogP contribution in [-0.2, 0) is 0 Å². The maximum Gasteiger partial charge on any atom is 0.134 e. The van der Waals surface area contributed by atoms with E-state index in [-0.39, 0.29) is 6.04 Å². The van der Waals surface area contributed by atoms with Crippen LogP contribution >= 0.6 is 27.3 Å². The highest BCUT2D eigenvalue weighted by Gasteiger charge is 2.14. The lowest BCUT2D eigenvalue weighted by atomic mass is 10.2. The zero-order chi connectivity index (χ0) is 12.3. The lowest BCUT2D eigenvalue weighted by Gasteiger charge is -2.15. The normalized spacial score (nSPS) is 14.8. The molecule has 3 nitrogen and oxygen atoms in total. The largest absolute Gasteiger partial charge is 0.466 e. The number of aliphatic hydroxyl groups excluding tert-OH is 1. The highest BCUT2D eigenvalue weighted by Crippen LogP contribution is 2.24. The molecule has 2 heterocycles. The zero-order valence-corrected chi connectivity index (χ0v) is 11.8. The Morgan fingerprint density at radius 3 is 2.94 bits per heavy atom. The van der Waals surface area contributed by atoms with Gasteiger partial charge in [-0.15, -0.1) is 0 Å². The third kappa shape index (κ3) is 3.19. The number of nitrogens with one attached hydrogen (secondary N) is 1. The van der Waals surface area contributed by atoms with E-state index < -0.39 is 6.10 Å². The first kappa shape index (κ1) is 12.8. The SMILES string of the molecule is CC(NCC(O)c1ccsc1)c1occc1Br. The van der Waals surface area contributed by atoms with Crippen molar-refractivity contribution in [3.8, 4) is 0 Å². The molecule has 0 bridgehead atoms. The van der Waals surface area contributed by atoms with E-state index in [1.807, 2.05) is 29.8 Å². The molecule has 0 spiro atoms. The van der Waals surface area contributed by atoms with Crippen LogP contribution in [0.25, 0.3) is 0 Å². The first-order chi connectivity index (χ1) is 8.18. The molecule has 0 saturated carbocycles. The van der Waals surface area contributed by atoms with Gasteiger partial charge in [-0.05, 0) is 51.3 Å². The van der Waals surface area contributed by atoms with E-state index in [1.165, 1.54) is 0 Å². The molecule has 0 aromatic carbocycles. The Morgan fingerprint density at radius 1 is 1.53 bits per heavy atom. The van der Waals surface area contributed by atoms with Gasteiger partial charge in [0, 0.05) is 6.54 Å². The first-order valence-electron chi connectivity index (χ1n) is 5.35. The van der Waals surface area contributed by atoms with E-state index in [0.29, 0.717) is 6.54 Å². The Bertz CT molecular complexity index is 455. The second-order valence-corrected chi connectivity index (χ2v) is 5.47. The van der Waals surface area contributed by atoms with Crippen LogP contribution in [0.4, 0.5) is 0 Å². The molecule has 2 rings (SSSR count). The standard InChI is InChI=1S/C12H14BrNO2S/c1-8(12-10(13)2-4-16-12)14-6-11(15)9-3-5-17-7-9/h2-5,7-8,11,14-15H,6H2,1H3. The van der Waals surface area contributed by atoms with Crippen LogP contribution in [0, 0.1) is 0 Å². The fourth-order valence-electron chi connectivity index (χ4n) is 1.58. The van der Waals surface area contributed by atoms with Crippen LogP contribution in [0.3, 0.4) is 0 Å². The molecule has 2 N–H and O–H groups in total. The van der Waals surface area contributed by atoms with Crippen LogP contribution in [-0.4, -0.2) is 11.7 Å². The molecule has 0 aliphatic carbocycles. The molecule has 0 aliphatic heterocycles. The minimum atomic E-state index is -0.475. The average Bonchev–Trinajstić information content (AvgIpc) is 2.95. The van der Waals surface area contributed by atoms with E-state index in [4.69, 9.17) is 4.42 Å². The minimum Gasteiger partial charge on any atom is -0.466 e. The predicted molar refractivity (Wildman–Crippen MR) is 72.1 cm³/mol. The zero-order valence-electron chi connectivity index (χ0n) is 9.39. The molecule has 2 atom stereocenters. The van der Waals surface area contributed by atoms with Crippen LogP contribution < -0.4 is 5.32 Å². The van der Waals surface area contributed by atoms with Crippen molar-refractivity contribution in [1.29, 1.82) is 0 Å². The second-order valence-electron chi connectivity index (χ2n) is 3.84. The van der Waals surface area contributed by atoms with E-state index >= 15 is 0 Å². The summed E-state index contributed by atoms with van der Waals surface area (Å²) < 4.78 is 6.31. The summed E-state index contributed by atoms with van der Waals surface area (Å²) in [5.74, 6) is 0.850. The Morgan fingerprint density at radius 2 is 2.35 bits per heavy atom. The van der Waals surface area contributed by atoms with E-state index in [2.05, 4.69) is 21.2 Å². The molecular weight excluding hydrogens is 302 g/mol. The maximum atomic E-state index is 9.93. The van der Waals surface area contributed by atoms with Crippen molar-refractivity contribution in [1.82, 2.24) is 5.32 Å². The summed E-state index contributed by atoms with van der Waals surface area (Å²) in [7, 11) is 0. The van der Waals surface area contributed by atoms with Crippen molar-refractivity contribution in [2.45, 2.75) is 19.1 Å². The minimum absolute atomic E-state index is 0.0626. The van der Waals surface area contributed by atoms with Crippen molar-refractivity contribution in [3.05, 3.63) is 45.0 Å². The number of aliphatic hydroxyl groups is 1. The van der Waals surface area contributed by atoms with E-state index in [9.17, 15) is 5.11 Å². The molecule has 2 aromatic heterocycles. The summed E-state index contributed by atoms with van der Waals surface area (Å²) >= 11 is 5.01. The average molecular weight is 316 g/mol. The lowest BCUT2D eigenvalue weighted by molar-refractivity contribution is 0.169. The van der Waals surface area contributed by atoms with Crippen LogP contribution in [0.5, 0.6) is 0 Å². The Labute approximate surface area is 113 Å². The van der Waals surface area contributed by atoms with Gasteiger partial charge in [0.05, 0.1) is 22.9 Å². The number of rotatable bonds is 5. The molecule has 0 saturated heterocycles.